The lowest BCUT2D eigenvalue weighted by Crippen LogP contribution is -2.34. The molecule has 14 heteroatoms. The SMILES string of the molecule is COc1ccc(CNc2nc(N3CCC[C@H]3CP(=O)(OC)OC)ncc2C(=O)N=Cc2ncccn2)cc1Cl. The molecule has 1 saturated heterocycles. The first kappa shape index (κ1) is 28.6. The summed E-state index contributed by atoms with van der Waals surface area (Å²) >= 11 is 6.28. The van der Waals surface area contributed by atoms with Gasteiger partial charge in [0.25, 0.3) is 5.91 Å². The van der Waals surface area contributed by atoms with Crippen LogP contribution in [0.15, 0.2) is 47.8 Å². The third kappa shape index (κ3) is 7.15. The van der Waals surface area contributed by atoms with Crippen molar-refractivity contribution in [3.63, 3.8) is 0 Å². The van der Waals surface area contributed by atoms with Crippen molar-refractivity contribution in [3.05, 3.63) is 64.8 Å². The molecule has 1 aliphatic rings. The Labute approximate surface area is 231 Å². The highest BCUT2D eigenvalue weighted by molar-refractivity contribution is 7.53. The second kappa shape index (κ2) is 13.1. The lowest BCUT2D eigenvalue weighted by Gasteiger charge is -2.27. The molecule has 1 aromatic carbocycles. The van der Waals surface area contributed by atoms with Gasteiger partial charge >= 0.3 is 7.60 Å². The van der Waals surface area contributed by atoms with Crippen LogP contribution in [0, 0.1) is 0 Å². The Kier molecular flexibility index (Phi) is 9.58. The minimum atomic E-state index is -3.25. The number of hydrogen-bond donors (Lipinski definition) is 1. The molecule has 0 radical (unpaired) electrons. The van der Waals surface area contributed by atoms with Gasteiger partial charge in [0, 0.05) is 51.9 Å². The van der Waals surface area contributed by atoms with E-state index in [2.05, 4.69) is 30.2 Å². The molecule has 39 heavy (non-hydrogen) atoms. The zero-order valence-electron chi connectivity index (χ0n) is 21.8. The van der Waals surface area contributed by atoms with E-state index in [1.165, 1.54) is 26.6 Å². The number of aliphatic imine (C=N–C) groups is 1. The normalized spacial score (nSPS) is 15.6. The topological polar surface area (TPSA) is 141 Å². The van der Waals surface area contributed by atoms with Crippen LogP contribution in [0.25, 0.3) is 0 Å². The lowest BCUT2D eigenvalue weighted by atomic mass is 10.2. The molecular formula is C25H29ClN7O5P. The molecule has 0 saturated carbocycles. The second-order valence-electron chi connectivity index (χ2n) is 8.57. The molecule has 1 amide bonds. The van der Waals surface area contributed by atoms with Gasteiger partial charge in [-0.2, -0.15) is 4.98 Å². The van der Waals surface area contributed by atoms with E-state index in [1.54, 1.807) is 37.7 Å². The third-order valence-corrected chi connectivity index (χ3v) is 8.47. The monoisotopic (exact) mass is 573 g/mol. The molecule has 0 bridgehead atoms. The maximum absolute atomic E-state index is 13.1. The fourth-order valence-electron chi connectivity index (χ4n) is 4.14. The summed E-state index contributed by atoms with van der Waals surface area (Å²) in [7, 11) is 1.04. The summed E-state index contributed by atoms with van der Waals surface area (Å²) in [5.41, 5.74) is 1.02. The average molecular weight is 574 g/mol. The van der Waals surface area contributed by atoms with Crippen LogP contribution >= 0.6 is 19.2 Å². The number of benzene rings is 1. The van der Waals surface area contributed by atoms with Crippen molar-refractivity contribution in [3.8, 4) is 5.75 Å². The minimum Gasteiger partial charge on any atom is -0.495 e. The van der Waals surface area contributed by atoms with Crippen molar-refractivity contribution >= 4 is 43.1 Å². The Hall–Kier alpha value is -3.44. The summed E-state index contributed by atoms with van der Waals surface area (Å²) in [6.07, 6.45) is 7.65. The summed E-state index contributed by atoms with van der Waals surface area (Å²) in [5, 5.41) is 3.68. The van der Waals surface area contributed by atoms with Crippen LogP contribution in [0.1, 0.15) is 34.6 Å². The van der Waals surface area contributed by atoms with Crippen LogP contribution in [0.4, 0.5) is 11.8 Å². The van der Waals surface area contributed by atoms with Crippen molar-refractivity contribution in [1.82, 2.24) is 19.9 Å². The Morgan fingerprint density at radius 2 is 2.00 bits per heavy atom. The van der Waals surface area contributed by atoms with Gasteiger partial charge in [0.2, 0.25) is 5.95 Å². The molecule has 1 N–H and O–H groups in total. The van der Waals surface area contributed by atoms with Gasteiger partial charge in [-0.3, -0.25) is 9.36 Å². The number of nitrogens with one attached hydrogen (secondary N) is 1. The lowest BCUT2D eigenvalue weighted by molar-refractivity contribution is 0.100. The summed E-state index contributed by atoms with van der Waals surface area (Å²) in [6, 6.07) is 6.91. The molecule has 0 aliphatic carbocycles. The predicted octanol–water partition coefficient (Wildman–Crippen LogP) is 4.25. The largest absolute Gasteiger partial charge is 0.495 e. The van der Waals surface area contributed by atoms with E-state index in [0.717, 1.165) is 18.4 Å². The van der Waals surface area contributed by atoms with Crippen LogP contribution in [0.2, 0.25) is 5.02 Å². The molecule has 1 fully saturated rings. The minimum absolute atomic E-state index is 0.154. The van der Waals surface area contributed by atoms with Gasteiger partial charge in [-0.15, -0.1) is 0 Å². The molecule has 1 atom stereocenters. The zero-order valence-corrected chi connectivity index (χ0v) is 23.4. The quantitative estimate of drug-likeness (QED) is 0.260. The van der Waals surface area contributed by atoms with Crippen LogP contribution < -0.4 is 15.0 Å². The van der Waals surface area contributed by atoms with Gasteiger partial charge in [-0.1, -0.05) is 17.7 Å². The molecule has 12 nitrogen and oxygen atoms in total. The Morgan fingerprint density at radius 3 is 2.69 bits per heavy atom. The summed E-state index contributed by atoms with van der Waals surface area (Å²) in [6.45, 7) is 0.973. The first-order valence-electron chi connectivity index (χ1n) is 12.1. The standard InChI is InChI=1S/C25H29ClN7O5P/c1-36-21-8-7-17(12-20(21)26)13-29-23-19(24(34)30-15-22-27-9-5-10-28-22)14-31-25(32-23)33-11-4-6-18(33)16-39(35,37-2)38-3/h5,7-10,12,14-15,18H,4,6,11,13,16H2,1-3H3,(H,29,31,32)/t18-/m0/s1. The number of anilines is 2. The van der Waals surface area contributed by atoms with Crippen molar-refractivity contribution in [1.29, 1.82) is 0 Å². The predicted molar refractivity (Wildman–Crippen MR) is 148 cm³/mol. The number of carbonyl (C=O) groups is 1. The number of carbonyl (C=O) groups excluding carboxylic acids is 1. The van der Waals surface area contributed by atoms with Gasteiger partial charge in [-0.25, -0.2) is 19.9 Å². The highest BCUT2D eigenvalue weighted by atomic mass is 35.5. The van der Waals surface area contributed by atoms with Crippen molar-refractivity contribution in [2.45, 2.75) is 25.4 Å². The first-order valence-corrected chi connectivity index (χ1v) is 14.2. The molecule has 0 spiro atoms. The van der Waals surface area contributed by atoms with Gasteiger partial charge in [0.1, 0.15) is 17.1 Å². The average Bonchev–Trinajstić information content (AvgIpc) is 3.42. The zero-order chi connectivity index (χ0) is 27.8. The fraction of sp³-hybridized carbons (Fsp3) is 0.360. The van der Waals surface area contributed by atoms with Gasteiger partial charge in [0.15, 0.2) is 5.82 Å². The number of amides is 1. The molecule has 1 aliphatic heterocycles. The van der Waals surface area contributed by atoms with Crippen molar-refractivity contribution < 1.29 is 23.1 Å². The van der Waals surface area contributed by atoms with E-state index >= 15 is 0 Å². The maximum atomic E-state index is 13.1. The summed E-state index contributed by atoms with van der Waals surface area (Å²) < 4.78 is 28.3. The van der Waals surface area contributed by atoms with E-state index in [-0.39, 0.29) is 23.6 Å². The van der Waals surface area contributed by atoms with E-state index in [0.29, 0.717) is 35.6 Å². The van der Waals surface area contributed by atoms with Crippen LogP contribution in [0.3, 0.4) is 0 Å². The molecule has 3 aromatic rings. The Bertz CT molecular complexity index is 1370. The van der Waals surface area contributed by atoms with Crippen molar-refractivity contribution in [2.75, 3.05) is 44.3 Å². The van der Waals surface area contributed by atoms with Gasteiger partial charge in [-0.05, 0) is 36.6 Å². The third-order valence-electron chi connectivity index (χ3n) is 6.19. The van der Waals surface area contributed by atoms with Crippen LogP contribution in [0.5, 0.6) is 5.75 Å². The van der Waals surface area contributed by atoms with E-state index in [1.807, 2.05) is 11.0 Å². The number of aromatic nitrogens is 4. The second-order valence-corrected chi connectivity index (χ2v) is 11.3. The summed E-state index contributed by atoms with van der Waals surface area (Å²) in [5.74, 6) is 0.966. The van der Waals surface area contributed by atoms with E-state index in [4.69, 9.17) is 25.4 Å². The van der Waals surface area contributed by atoms with Crippen LogP contribution in [-0.2, 0) is 20.2 Å². The molecule has 3 heterocycles. The molecule has 2 aromatic heterocycles. The number of methoxy groups -OCH3 is 1. The number of hydrogen-bond acceptors (Lipinski definition) is 11. The number of nitrogens with zero attached hydrogens (tertiary/aromatic N) is 6. The van der Waals surface area contributed by atoms with Crippen LogP contribution in [-0.4, -0.2) is 72.1 Å². The number of rotatable bonds is 11. The number of halogens is 1. The number of ether oxygens (including phenoxy) is 1. The Morgan fingerprint density at radius 1 is 1.23 bits per heavy atom. The molecular weight excluding hydrogens is 545 g/mol. The smallest absolute Gasteiger partial charge is 0.332 e. The molecule has 0 unspecified atom stereocenters. The fourth-order valence-corrected chi connectivity index (χ4v) is 5.76. The molecule has 206 valence electrons. The van der Waals surface area contributed by atoms with E-state index in [9.17, 15) is 9.36 Å². The maximum Gasteiger partial charge on any atom is 0.332 e. The highest BCUT2D eigenvalue weighted by Crippen LogP contribution is 2.49. The van der Waals surface area contributed by atoms with Gasteiger partial charge in [0.05, 0.1) is 24.5 Å². The Balaban J connectivity index is 1.62. The van der Waals surface area contributed by atoms with Crippen molar-refractivity contribution in [2.24, 2.45) is 4.99 Å². The summed E-state index contributed by atoms with van der Waals surface area (Å²) in [4.78, 5) is 36.3. The molecule has 4 rings (SSSR count). The van der Waals surface area contributed by atoms with Gasteiger partial charge < -0.3 is 24.0 Å². The van der Waals surface area contributed by atoms with E-state index < -0.39 is 13.5 Å². The highest BCUT2D eigenvalue weighted by Gasteiger charge is 2.35. The first-order chi connectivity index (χ1) is 18.9.